The second-order valence-corrected chi connectivity index (χ2v) is 10.3. The van der Waals surface area contributed by atoms with Crippen LogP contribution in [0.25, 0.3) is 10.8 Å². The van der Waals surface area contributed by atoms with Gasteiger partial charge in [0.15, 0.2) is 0 Å². The number of carbonyl (C=O) groups is 1. The maximum absolute atomic E-state index is 13.5. The fourth-order valence-electron chi connectivity index (χ4n) is 4.43. The van der Waals surface area contributed by atoms with Crippen LogP contribution in [0.3, 0.4) is 0 Å². The lowest BCUT2D eigenvalue weighted by Crippen LogP contribution is -2.45. The second-order valence-electron chi connectivity index (χ2n) is 8.61. The normalized spacial score (nSPS) is 12.4. The number of nitrogens with one attached hydrogen (secondary N) is 2. The number of carbonyl (C=O) groups excluding carboxylic acids is 1. The summed E-state index contributed by atoms with van der Waals surface area (Å²) in [5.41, 5.74) is 3.79. The third kappa shape index (κ3) is 5.19. The molecule has 0 spiro atoms. The van der Waals surface area contributed by atoms with E-state index in [1.807, 2.05) is 91.9 Å². The molecule has 0 aliphatic carbocycles. The fraction of sp³-hybridized carbons (Fsp3) is 0.179. The summed E-state index contributed by atoms with van der Waals surface area (Å²) in [6.07, 6.45) is 0.223. The van der Waals surface area contributed by atoms with Crippen LogP contribution in [0.1, 0.15) is 22.3 Å². The van der Waals surface area contributed by atoms with Gasteiger partial charge >= 0.3 is 0 Å². The predicted molar refractivity (Wildman–Crippen MR) is 137 cm³/mol. The van der Waals surface area contributed by atoms with Crippen LogP contribution in [-0.2, 0) is 21.2 Å². The number of aryl methyl sites for hydroxylation is 3. The van der Waals surface area contributed by atoms with E-state index in [0.717, 1.165) is 21.9 Å². The smallest absolute Gasteiger partial charge is 0.242 e. The van der Waals surface area contributed by atoms with Crippen molar-refractivity contribution < 1.29 is 13.2 Å². The Morgan fingerprint density at radius 2 is 1.44 bits per heavy atom. The van der Waals surface area contributed by atoms with Gasteiger partial charge in [-0.15, -0.1) is 0 Å². The van der Waals surface area contributed by atoms with Crippen LogP contribution in [0.15, 0.2) is 89.8 Å². The van der Waals surface area contributed by atoms with Gasteiger partial charge in [-0.25, -0.2) is 8.42 Å². The van der Waals surface area contributed by atoms with Crippen molar-refractivity contribution in [2.45, 2.75) is 38.1 Å². The summed E-state index contributed by atoms with van der Waals surface area (Å²) in [7, 11) is -3.95. The second kappa shape index (κ2) is 9.79. The van der Waals surface area contributed by atoms with Gasteiger partial charge in [0.2, 0.25) is 15.9 Å². The molecule has 2 N–H and O–H groups in total. The minimum Gasteiger partial charge on any atom is -0.324 e. The third-order valence-corrected chi connectivity index (χ3v) is 7.59. The Kier molecular flexibility index (Phi) is 6.82. The monoisotopic (exact) mass is 472 g/mol. The van der Waals surface area contributed by atoms with Gasteiger partial charge in [0, 0.05) is 11.1 Å². The third-order valence-electron chi connectivity index (χ3n) is 5.82. The molecule has 1 amide bonds. The van der Waals surface area contributed by atoms with E-state index in [4.69, 9.17) is 0 Å². The standard InChI is InChI=1S/C28H28N2O3S/c1-19-16-20(2)27(21(3)17-19)34(32,33)30-26(18-22-10-5-4-6-11-22)28(31)29-25-15-9-13-23-12-7-8-14-24(23)25/h4-17,26,30H,18H2,1-3H3,(H,29,31). The molecule has 6 heteroatoms. The van der Waals surface area contributed by atoms with E-state index in [-0.39, 0.29) is 11.3 Å². The molecule has 0 aliphatic rings. The Labute approximate surface area is 200 Å². The summed E-state index contributed by atoms with van der Waals surface area (Å²) >= 11 is 0. The number of benzene rings is 4. The molecule has 0 bridgehead atoms. The van der Waals surface area contributed by atoms with Crippen molar-refractivity contribution in [2.75, 3.05) is 5.32 Å². The minimum absolute atomic E-state index is 0.217. The number of hydrogen-bond acceptors (Lipinski definition) is 3. The van der Waals surface area contributed by atoms with Crippen molar-refractivity contribution >= 4 is 32.4 Å². The SMILES string of the molecule is Cc1cc(C)c(S(=O)(=O)NC(Cc2ccccc2)C(=O)Nc2cccc3ccccc23)c(C)c1. The number of amides is 1. The van der Waals surface area contributed by atoms with Gasteiger partial charge in [-0.1, -0.05) is 84.4 Å². The van der Waals surface area contributed by atoms with E-state index in [1.165, 1.54) is 0 Å². The van der Waals surface area contributed by atoms with Gasteiger partial charge in [0.05, 0.1) is 4.90 Å². The van der Waals surface area contributed by atoms with Crippen LogP contribution in [-0.4, -0.2) is 20.4 Å². The molecule has 0 saturated heterocycles. The quantitative estimate of drug-likeness (QED) is 0.384. The molecule has 0 saturated carbocycles. The Bertz CT molecular complexity index is 1420. The zero-order valence-corrected chi connectivity index (χ0v) is 20.3. The molecule has 4 aromatic rings. The van der Waals surface area contributed by atoms with E-state index < -0.39 is 22.0 Å². The minimum atomic E-state index is -3.95. The van der Waals surface area contributed by atoms with Crippen LogP contribution in [0.5, 0.6) is 0 Å². The number of fused-ring (bicyclic) bond motifs is 1. The van der Waals surface area contributed by atoms with E-state index in [2.05, 4.69) is 10.0 Å². The number of anilines is 1. The van der Waals surface area contributed by atoms with Crippen molar-refractivity contribution in [3.8, 4) is 0 Å². The molecule has 1 atom stereocenters. The summed E-state index contributed by atoms with van der Waals surface area (Å²) in [4.78, 5) is 13.7. The van der Waals surface area contributed by atoms with E-state index in [9.17, 15) is 13.2 Å². The largest absolute Gasteiger partial charge is 0.324 e. The van der Waals surface area contributed by atoms with Gasteiger partial charge < -0.3 is 5.32 Å². The maximum atomic E-state index is 13.5. The molecule has 1 unspecified atom stereocenters. The topological polar surface area (TPSA) is 75.3 Å². The van der Waals surface area contributed by atoms with Gasteiger partial charge in [-0.05, 0) is 55.3 Å². The van der Waals surface area contributed by atoms with E-state index in [1.54, 1.807) is 13.8 Å². The number of sulfonamides is 1. The highest BCUT2D eigenvalue weighted by molar-refractivity contribution is 7.89. The Morgan fingerprint density at radius 3 is 2.15 bits per heavy atom. The van der Waals surface area contributed by atoms with E-state index in [0.29, 0.717) is 16.8 Å². The molecule has 0 aromatic heterocycles. The Morgan fingerprint density at radius 1 is 0.824 bits per heavy atom. The molecule has 0 radical (unpaired) electrons. The zero-order valence-electron chi connectivity index (χ0n) is 19.5. The van der Waals surface area contributed by atoms with Crippen LogP contribution >= 0.6 is 0 Å². The molecular formula is C28H28N2O3S. The van der Waals surface area contributed by atoms with Crippen LogP contribution in [0.4, 0.5) is 5.69 Å². The zero-order chi connectivity index (χ0) is 24.3. The molecule has 4 rings (SSSR count). The van der Waals surface area contributed by atoms with Gasteiger partial charge in [-0.2, -0.15) is 4.72 Å². The van der Waals surface area contributed by atoms with Crippen molar-refractivity contribution in [3.63, 3.8) is 0 Å². The van der Waals surface area contributed by atoms with Gasteiger partial charge in [-0.3, -0.25) is 4.79 Å². The number of rotatable bonds is 7. The number of hydrogen-bond donors (Lipinski definition) is 2. The lowest BCUT2D eigenvalue weighted by Gasteiger charge is -2.21. The van der Waals surface area contributed by atoms with Crippen LogP contribution in [0, 0.1) is 20.8 Å². The first-order valence-corrected chi connectivity index (χ1v) is 12.7. The summed E-state index contributed by atoms with van der Waals surface area (Å²) in [6.45, 7) is 5.48. The summed E-state index contributed by atoms with van der Waals surface area (Å²) in [6, 6.07) is 25.5. The highest BCUT2D eigenvalue weighted by atomic mass is 32.2. The molecule has 4 aromatic carbocycles. The van der Waals surface area contributed by atoms with Crippen molar-refractivity contribution in [3.05, 3.63) is 107 Å². The summed E-state index contributed by atoms with van der Waals surface area (Å²) in [5, 5.41) is 4.84. The predicted octanol–water partition coefficient (Wildman–Crippen LogP) is 5.29. The molecular weight excluding hydrogens is 444 g/mol. The average Bonchev–Trinajstić information content (AvgIpc) is 2.78. The molecule has 34 heavy (non-hydrogen) atoms. The Balaban J connectivity index is 1.69. The van der Waals surface area contributed by atoms with Gasteiger partial charge in [0.25, 0.3) is 0 Å². The average molecular weight is 473 g/mol. The molecule has 0 fully saturated rings. The van der Waals surface area contributed by atoms with Crippen LogP contribution < -0.4 is 10.0 Å². The first-order chi connectivity index (χ1) is 16.2. The summed E-state index contributed by atoms with van der Waals surface area (Å²) < 4.78 is 29.6. The molecule has 174 valence electrons. The highest BCUT2D eigenvalue weighted by Gasteiger charge is 2.28. The fourth-order valence-corrected chi connectivity index (χ4v) is 6.08. The molecule has 0 heterocycles. The first-order valence-electron chi connectivity index (χ1n) is 11.2. The summed E-state index contributed by atoms with van der Waals surface area (Å²) in [5.74, 6) is -0.411. The Hall–Kier alpha value is -3.48. The highest BCUT2D eigenvalue weighted by Crippen LogP contribution is 2.25. The van der Waals surface area contributed by atoms with Crippen molar-refractivity contribution in [1.29, 1.82) is 0 Å². The van der Waals surface area contributed by atoms with E-state index >= 15 is 0 Å². The maximum Gasteiger partial charge on any atom is 0.242 e. The molecule has 0 aliphatic heterocycles. The van der Waals surface area contributed by atoms with Gasteiger partial charge in [0.1, 0.15) is 6.04 Å². The molecule has 5 nitrogen and oxygen atoms in total. The van der Waals surface area contributed by atoms with Crippen LogP contribution in [0.2, 0.25) is 0 Å². The van der Waals surface area contributed by atoms with Crippen molar-refractivity contribution in [1.82, 2.24) is 4.72 Å². The lowest BCUT2D eigenvalue weighted by atomic mass is 10.1. The van der Waals surface area contributed by atoms with Crippen molar-refractivity contribution in [2.24, 2.45) is 0 Å². The lowest BCUT2D eigenvalue weighted by molar-refractivity contribution is -0.117. The first kappa shape index (κ1) is 23.7.